The number of hydrogen-bond acceptors (Lipinski definition) is 3. The zero-order chi connectivity index (χ0) is 19.8. The van der Waals surface area contributed by atoms with Gasteiger partial charge >= 0.3 is 0 Å². The zero-order valence-corrected chi connectivity index (χ0v) is 19.8. The monoisotopic (exact) mass is 389 g/mol. The Hall–Kier alpha value is -0.423. The first-order chi connectivity index (χ1) is 12.8. The van der Waals surface area contributed by atoms with Gasteiger partial charge in [-0.3, -0.25) is 15.2 Å². The van der Waals surface area contributed by atoms with Crippen LogP contribution in [-0.4, -0.2) is 32.8 Å². The highest BCUT2D eigenvalue weighted by atomic mass is 28.3. The third-order valence-corrected chi connectivity index (χ3v) is 12.0. The molecule has 2 fully saturated rings. The van der Waals surface area contributed by atoms with Gasteiger partial charge in [-0.15, -0.1) is 0 Å². The summed E-state index contributed by atoms with van der Waals surface area (Å²) < 4.78 is 2.78. The molecule has 4 heteroatoms. The fourth-order valence-corrected chi connectivity index (χ4v) is 10.3. The molecule has 4 atom stereocenters. The van der Waals surface area contributed by atoms with Gasteiger partial charge in [0, 0.05) is 20.0 Å². The van der Waals surface area contributed by atoms with Crippen LogP contribution in [0.15, 0.2) is 23.3 Å². The lowest BCUT2D eigenvalue weighted by molar-refractivity contribution is 0.277. The van der Waals surface area contributed by atoms with E-state index in [-0.39, 0.29) is 0 Å². The third kappa shape index (κ3) is 4.14. The fraction of sp³-hybridized carbons (Fsp3) is 0.826. The van der Waals surface area contributed by atoms with Crippen LogP contribution in [-0.2, 0) is 0 Å². The summed E-state index contributed by atoms with van der Waals surface area (Å²) in [6, 6.07) is 0. The van der Waals surface area contributed by atoms with Gasteiger partial charge in [0.05, 0.1) is 0 Å². The first-order valence-corrected chi connectivity index (χ1v) is 14.4. The number of allylic oxidation sites excluding steroid dienone is 4. The van der Waals surface area contributed by atoms with Gasteiger partial charge in [0.1, 0.15) is 8.24 Å². The molecule has 1 heterocycles. The van der Waals surface area contributed by atoms with Gasteiger partial charge in [0.2, 0.25) is 0 Å². The summed E-state index contributed by atoms with van der Waals surface area (Å²) in [7, 11) is -1.57. The van der Waals surface area contributed by atoms with Crippen molar-refractivity contribution in [2.75, 3.05) is 20.0 Å². The Bertz CT molecular complexity index is 572. The normalized spacial score (nSPS) is 32.6. The molecule has 154 valence electrons. The molecule has 1 aliphatic heterocycles. The Morgan fingerprint density at radius 2 is 1.78 bits per heavy atom. The molecule has 2 aliphatic carbocycles. The molecule has 27 heavy (non-hydrogen) atoms. The van der Waals surface area contributed by atoms with Gasteiger partial charge < -0.3 is 0 Å². The lowest BCUT2D eigenvalue weighted by Crippen LogP contribution is -2.63. The summed E-state index contributed by atoms with van der Waals surface area (Å²) in [6.07, 6.45) is 9.45. The van der Waals surface area contributed by atoms with E-state index in [4.69, 9.17) is 0 Å². The van der Waals surface area contributed by atoms with Crippen molar-refractivity contribution in [3.05, 3.63) is 23.3 Å². The van der Waals surface area contributed by atoms with E-state index < -0.39 is 8.24 Å². The van der Waals surface area contributed by atoms with Crippen LogP contribution in [0.1, 0.15) is 53.9 Å². The molecule has 0 amide bonds. The summed E-state index contributed by atoms with van der Waals surface area (Å²) in [6.45, 7) is 20.3. The summed E-state index contributed by atoms with van der Waals surface area (Å²) in [4.78, 5) is 0. The Morgan fingerprint density at radius 3 is 2.33 bits per heavy atom. The number of nitrogens with one attached hydrogen (secondary N) is 2. The van der Waals surface area contributed by atoms with Gasteiger partial charge in [0.15, 0.2) is 0 Å². The van der Waals surface area contributed by atoms with Crippen molar-refractivity contribution in [3.8, 4) is 0 Å². The standard InChI is InChI=1S/C23H43N3Si/c1-8-9-18-10-21-20(17(4)5)11-19(16(2)3)12-22(21)23(18)27(6,7)26-14-24-13-25-15-26/h11-12,16-18,21-25H,8-10,13-15H2,1-7H3. The van der Waals surface area contributed by atoms with Crippen molar-refractivity contribution in [1.29, 1.82) is 0 Å². The average molecular weight is 390 g/mol. The second kappa shape index (κ2) is 8.52. The van der Waals surface area contributed by atoms with Crippen LogP contribution in [0.2, 0.25) is 18.6 Å². The van der Waals surface area contributed by atoms with Gasteiger partial charge in [-0.05, 0) is 47.1 Å². The van der Waals surface area contributed by atoms with E-state index >= 15 is 0 Å². The molecular weight excluding hydrogens is 346 g/mol. The minimum atomic E-state index is -1.57. The highest BCUT2D eigenvalue weighted by molar-refractivity contribution is 6.76. The van der Waals surface area contributed by atoms with Gasteiger partial charge in [-0.1, -0.05) is 78.3 Å². The van der Waals surface area contributed by atoms with Crippen molar-refractivity contribution in [2.24, 2.45) is 29.6 Å². The molecule has 0 aromatic rings. The second-order valence-corrected chi connectivity index (χ2v) is 14.9. The molecule has 1 saturated carbocycles. The van der Waals surface area contributed by atoms with E-state index in [2.05, 4.69) is 75.1 Å². The second-order valence-electron chi connectivity index (χ2n) is 10.3. The minimum absolute atomic E-state index is 0.633. The molecule has 0 radical (unpaired) electrons. The number of fused-ring (bicyclic) bond motifs is 1. The maximum Gasteiger partial charge on any atom is 0.129 e. The summed E-state index contributed by atoms with van der Waals surface area (Å²) in [5.74, 6) is 3.73. The van der Waals surface area contributed by atoms with Crippen molar-refractivity contribution < 1.29 is 0 Å². The summed E-state index contributed by atoms with van der Waals surface area (Å²) >= 11 is 0. The van der Waals surface area contributed by atoms with E-state index in [1.54, 1.807) is 11.1 Å². The van der Waals surface area contributed by atoms with Gasteiger partial charge in [-0.2, -0.15) is 0 Å². The number of rotatable bonds is 6. The molecule has 3 nitrogen and oxygen atoms in total. The first kappa shape index (κ1) is 21.3. The Morgan fingerprint density at radius 1 is 1.11 bits per heavy atom. The summed E-state index contributed by atoms with van der Waals surface area (Å²) in [5.41, 5.74) is 4.21. The molecule has 0 bridgehead atoms. The molecule has 3 aliphatic rings. The van der Waals surface area contributed by atoms with Crippen LogP contribution in [0.5, 0.6) is 0 Å². The van der Waals surface area contributed by atoms with Crippen molar-refractivity contribution in [2.45, 2.75) is 72.5 Å². The molecule has 0 spiro atoms. The quantitative estimate of drug-likeness (QED) is 0.614. The maximum absolute atomic E-state index is 3.56. The largest absolute Gasteiger partial charge is 0.299 e. The van der Waals surface area contributed by atoms with E-state index in [0.717, 1.165) is 43.3 Å². The number of nitrogens with zero attached hydrogens (tertiary/aromatic N) is 1. The highest BCUT2D eigenvalue weighted by Gasteiger charge is 2.53. The van der Waals surface area contributed by atoms with E-state index in [9.17, 15) is 0 Å². The molecule has 0 aromatic heterocycles. The van der Waals surface area contributed by atoms with Crippen LogP contribution in [0.4, 0.5) is 0 Å². The predicted molar refractivity (Wildman–Crippen MR) is 120 cm³/mol. The van der Waals surface area contributed by atoms with Crippen LogP contribution in [0.25, 0.3) is 0 Å². The molecule has 1 saturated heterocycles. The lowest BCUT2D eigenvalue weighted by atomic mass is 9.76. The zero-order valence-electron chi connectivity index (χ0n) is 18.8. The van der Waals surface area contributed by atoms with Crippen molar-refractivity contribution >= 4 is 8.24 Å². The molecule has 4 unspecified atom stereocenters. The maximum atomic E-state index is 3.56. The fourth-order valence-electron chi connectivity index (χ4n) is 6.16. The summed E-state index contributed by atoms with van der Waals surface area (Å²) in [5, 5.41) is 7.12. The average Bonchev–Trinajstić information content (AvgIpc) is 3.00. The smallest absolute Gasteiger partial charge is 0.129 e. The van der Waals surface area contributed by atoms with Crippen LogP contribution < -0.4 is 10.6 Å². The first-order valence-electron chi connectivity index (χ1n) is 11.4. The van der Waals surface area contributed by atoms with E-state index in [0.29, 0.717) is 11.8 Å². The molecule has 0 aromatic carbocycles. The number of hydrogen-bond donors (Lipinski definition) is 2. The third-order valence-electron chi connectivity index (χ3n) is 7.57. The molecule has 2 N–H and O–H groups in total. The van der Waals surface area contributed by atoms with E-state index in [1.807, 2.05) is 0 Å². The van der Waals surface area contributed by atoms with Crippen molar-refractivity contribution in [3.63, 3.8) is 0 Å². The van der Waals surface area contributed by atoms with Crippen molar-refractivity contribution in [1.82, 2.24) is 15.2 Å². The Balaban J connectivity index is 1.99. The SMILES string of the molecule is CCCC1CC2C(C(C)C)=CC(C(C)C)=CC2C1[Si](C)(C)N1CNCNC1. The van der Waals surface area contributed by atoms with Crippen LogP contribution in [0.3, 0.4) is 0 Å². The van der Waals surface area contributed by atoms with Crippen LogP contribution in [0, 0.1) is 29.6 Å². The Kier molecular flexibility index (Phi) is 6.72. The molecule has 3 rings (SSSR count). The predicted octanol–water partition coefficient (Wildman–Crippen LogP) is 5.16. The highest BCUT2D eigenvalue weighted by Crippen LogP contribution is 2.58. The topological polar surface area (TPSA) is 27.3 Å². The van der Waals surface area contributed by atoms with Gasteiger partial charge in [-0.25, -0.2) is 0 Å². The molecular formula is C23H43N3Si. The Labute approximate surface area is 169 Å². The lowest BCUT2D eigenvalue weighted by Gasteiger charge is -2.47. The van der Waals surface area contributed by atoms with Crippen LogP contribution >= 0.6 is 0 Å². The minimum Gasteiger partial charge on any atom is -0.299 e. The van der Waals surface area contributed by atoms with E-state index in [1.165, 1.54) is 19.3 Å². The van der Waals surface area contributed by atoms with Gasteiger partial charge in [0.25, 0.3) is 0 Å².